The van der Waals surface area contributed by atoms with Crippen molar-refractivity contribution in [2.45, 2.75) is 55.1 Å². The first-order chi connectivity index (χ1) is 13.6. The maximum absolute atomic E-state index is 12.6. The molecule has 0 aliphatic carbocycles. The molecule has 3 N–H and O–H groups in total. The van der Waals surface area contributed by atoms with E-state index in [1.165, 1.54) is 0 Å². The number of hydrogen-bond donors (Lipinski definition) is 3. The van der Waals surface area contributed by atoms with Crippen LogP contribution >= 0.6 is 0 Å². The smallest absolute Gasteiger partial charge is 0 e. The van der Waals surface area contributed by atoms with Crippen LogP contribution in [0.2, 0.25) is 0 Å². The van der Waals surface area contributed by atoms with E-state index in [4.69, 9.17) is 15.3 Å². The Labute approximate surface area is 197 Å². The van der Waals surface area contributed by atoms with Crippen molar-refractivity contribution < 1.29 is 80.7 Å². The molecule has 0 saturated heterocycles. The van der Waals surface area contributed by atoms with Gasteiger partial charge in [-0.1, -0.05) is 20.8 Å². The predicted molar refractivity (Wildman–Crippen MR) is 97.7 cm³/mol. The summed E-state index contributed by atoms with van der Waals surface area (Å²) in [7, 11) is 0. The number of hydrogen-bond acceptors (Lipinski definition) is 3. The number of aliphatic hydroxyl groups excluding tert-OH is 3. The molecule has 0 spiro atoms. The van der Waals surface area contributed by atoms with Crippen molar-refractivity contribution in [3.63, 3.8) is 0 Å². The van der Waals surface area contributed by atoms with Gasteiger partial charge in [-0.25, -0.2) is 0 Å². The Bertz CT molecular complexity index is 453. The second-order valence-corrected chi connectivity index (χ2v) is 13.5. The Balaban J connectivity index is -0.000000232. The van der Waals surface area contributed by atoms with E-state index in [1.54, 1.807) is 0 Å². The maximum atomic E-state index is 12.6. The average molecular weight is 702 g/mol. The molecule has 3 nitrogen and oxygen atoms in total. The zero-order chi connectivity index (χ0) is 24.6. The third-order valence-corrected chi connectivity index (χ3v) is 10.9. The first kappa shape index (κ1) is 38.3. The molecule has 0 radical (unpaired) electrons. The van der Waals surface area contributed by atoms with Gasteiger partial charge in [0.1, 0.15) is 0 Å². The summed E-state index contributed by atoms with van der Waals surface area (Å²) in [5, 5.41) is 4.56. The van der Waals surface area contributed by atoms with Crippen LogP contribution in [0.4, 0.5) is 39.5 Å². The van der Waals surface area contributed by atoms with E-state index in [9.17, 15) is 39.5 Å². The van der Waals surface area contributed by atoms with Crippen LogP contribution in [-0.4, -0.2) is 63.4 Å². The Morgan fingerprint density at radius 1 is 0.613 bits per heavy atom. The van der Waals surface area contributed by atoms with Gasteiger partial charge in [0.15, 0.2) is 0 Å². The van der Waals surface area contributed by atoms with Gasteiger partial charge in [0.25, 0.3) is 0 Å². The molecule has 0 amide bonds. The van der Waals surface area contributed by atoms with Gasteiger partial charge in [-0.2, -0.15) is 0 Å². The van der Waals surface area contributed by atoms with E-state index in [0.717, 1.165) is 31.4 Å². The first-order valence-electron chi connectivity index (χ1n) is 8.85. The van der Waals surface area contributed by atoms with Gasteiger partial charge >= 0.3 is 96.5 Å². The van der Waals surface area contributed by atoms with Crippen molar-refractivity contribution in [3.05, 3.63) is 24.3 Å². The third kappa shape index (κ3) is 12.7. The molecule has 0 saturated carbocycles. The molecule has 0 unspecified atom stereocenters. The average Bonchev–Trinajstić information content (AvgIpc) is 3.13. The molecular formula is C17H28F9GeHfO3-. The Kier molecular flexibility index (Phi) is 22.8. The minimum Gasteiger partial charge on any atom is 0 e. The van der Waals surface area contributed by atoms with E-state index < -0.39 is 32.7 Å². The molecule has 14 heteroatoms. The number of aliphatic hydroxyl groups is 3. The maximum Gasteiger partial charge on any atom is 0 e. The molecule has 31 heavy (non-hydrogen) atoms. The topological polar surface area (TPSA) is 60.7 Å². The van der Waals surface area contributed by atoms with Crippen LogP contribution in [-0.2, 0) is 25.8 Å². The standard InChI is InChI=1S/C8H4F9Ge.3C3H8O.Hf/c9-6(10,11)18(7(12,13)14,8(15,16)17)5-3-1-2-4-5;3*1-2-3-4;/h1-4H;3*4H,2-3H2,1H3;/q-1;;;;. The minimum absolute atomic E-state index is 0. The van der Waals surface area contributed by atoms with E-state index in [0.29, 0.717) is 19.8 Å². The van der Waals surface area contributed by atoms with Gasteiger partial charge in [0, 0.05) is 45.7 Å². The van der Waals surface area contributed by atoms with Crippen molar-refractivity contribution in [1.29, 1.82) is 0 Å². The Hall–Kier alpha value is 0.0130. The molecule has 0 heterocycles. The SMILES string of the molecule is CCCO.CCCO.CCCO.F[C](F)(F)[Ge]([c-]1cccc1)([C](F)(F)F)[C](F)(F)F.[Hf]. The second-order valence-electron chi connectivity index (χ2n) is 5.59. The summed E-state index contributed by atoms with van der Waals surface area (Å²) in [5.41, 5.74) is 0. The molecule has 0 aliphatic rings. The van der Waals surface area contributed by atoms with Crippen molar-refractivity contribution in [3.8, 4) is 0 Å². The molecule has 0 bridgehead atoms. The molecule has 1 rings (SSSR count). The quantitative estimate of drug-likeness (QED) is 0.246. The summed E-state index contributed by atoms with van der Waals surface area (Å²) in [6.07, 6.45) is 2.62. The minimum atomic E-state index is -8.38. The van der Waals surface area contributed by atoms with Gasteiger partial charge in [-0.15, -0.1) is 0 Å². The van der Waals surface area contributed by atoms with Crippen molar-refractivity contribution >= 4 is 17.7 Å². The summed E-state index contributed by atoms with van der Waals surface area (Å²) in [6, 6.07) is 1.90. The summed E-state index contributed by atoms with van der Waals surface area (Å²) in [6.45, 7) is 6.75. The van der Waals surface area contributed by atoms with E-state index in [1.807, 2.05) is 20.8 Å². The first-order valence-corrected chi connectivity index (χ1v) is 13.0. The molecule has 0 atom stereocenters. The van der Waals surface area contributed by atoms with Crippen molar-refractivity contribution in [2.24, 2.45) is 0 Å². The zero-order valence-electron chi connectivity index (χ0n) is 17.3. The van der Waals surface area contributed by atoms with Crippen LogP contribution in [0, 0.1) is 0 Å². The summed E-state index contributed by atoms with van der Waals surface area (Å²) < 4.78 is 111. The normalized spacial score (nSPS) is 11.6. The fourth-order valence-electron chi connectivity index (χ4n) is 1.60. The Morgan fingerprint density at radius 3 is 0.935 bits per heavy atom. The van der Waals surface area contributed by atoms with Gasteiger partial charge < -0.3 is 15.3 Å². The molecule has 0 aromatic heterocycles. The third-order valence-electron chi connectivity index (χ3n) is 3.04. The van der Waals surface area contributed by atoms with E-state index >= 15 is 0 Å². The zero-order valence-corrected chi connectivity index (χ0v) is 23.0. The monoisotopic (exact) mass is 705 g/mol. The summed E-state index contributed by atoms with van der Waals surface area (Å²) in [5.74, 6) is 0. The summed E-state index contributed by atoms with van der Waals surface area (Å²) in [4.78, 5) is 0. The van der Waals surface area contributed by atoms with Crippen molar-refractivity contribution in [1.82, 2.24) is 0 Å². The fraction of sp³-hybridized carbons (Fsp3) is 0.706. The molecule has 0 aliphatic heterocycles. The van der Waals surface area contributed by atoms with Gasteiger partial charge in [-0.3, -0.25) is 0 Å². The van der Waals surface area contributed by atoms with Gasteiger partial charge in [0.05, 0.1) is 0 Å². The molecule has 0 fully saturated rings. The molecular weight excluding hydrogens is 674 g/mol. The van der Waals surface area contributed by atoms with Crippen LogP contribution < -0.4 is 4.40 Å². The van der Waals surface area contributed by atoms with Crippen LogP contribution in [0.3, 0.4) is 0 Å². The van der Waals surface area contributed by atoms with Crippen molar-refractivity contribution in [2.75, 3.05) is 19.8 Å². The van der Waals surface area contributed by atoms with E-state index in [-0.39, 0.29) is 38.0 Å². The largest absolute Gasteiger partial charge is 0 e. The molecule has 1 aromatic carbocycles. The fourth-order valence-corrected chi connectivity index (χ4v) is 7.13. The van der Waals surface area contributed by atoms with Crippen LogP contribution in [0.15, 0.2) is 24.3 Å². The Morgan fingerprint density at radius 2 is 0.806 bits per heavy atom. The van der Waals surface area contributed by atoms with Crippen LogP contribution in [0.5, 0.6) is 0 Å². The number of rotatable bonds is 4. The number of halogens is 9. The van der Waals surface area contributed by atoms with Gasteiger partial charge in [0.2, 0.25) is 0 Å². The van der Waals surface area contributed by atoms with E-state index in [2.05, 4.69) is 0 Å². The van der Waals surface area contributed by atoms with Gasteiger partial charge in [-0.05, 0) is 19.3 Å². The number of alkyl halides is 9. The molecule has 186 valence electrons. The predicted octanol–water partition coefficient (Wildman–Crippen LogP) is 4.53. The second kappa shape index (κ2) is 18.4. The van der Waals surface area contributed by atoms with Crippen LogP contribution in [0.1, 0.15) is 40.0 Å². The summed E-state index contributed by atoms with van der Waals surface area (Å²) >= 11 is -8.38. The van der Waals surface area contributed by atoms with Crippen LogP contribution in [0.25, 0.3) is 0 Å². The molecule has 1 aromatic rings.